The predicted molar refractivity (Wildman–Crippen MR) is 113 cm³/mol. The molecule has 1 aromatic heterocycles. The second-order valence-electron chi connectivity index (χ2n) is 6.60. The minimum atomic E-state index is 0.0197. The zero-order valence-electron chi connectivity index (χ0n) is 16.1. The smallest absolute Gasteiger partial charge is 0.225 e. The van der Waals surface area contributed by atoms with Crippen molar-refractivity contribution >= 4 is 34.3 Å². The Morgan fingerprint density at radius 1 is 1.11 bits per heavy atom. The number of benzene rings is 2. The van der Waals surface area contributed by atoms with Gasteiger partial charge in [0.2, 0.25) is 5.91 Å². The first kappa shape index (κ1) is 19.2. The summed E-state index contributed by atoms with van der Waals surface area (Å²) in [7, 11) is 1.66. The van der Waals surface area contributed by atoms with Crippen LogP contribution < -0.4 is 10.1 Å². The van der Waals surface area contributed by atoms with Crippen molar-refractivity contribution < 1.29 is 9.53 Å². The number of fused-ring (bicyclic) bond motifs is 1. The number of carbonyl (C=O) groups excluding carboxylic acids is 1. The van der Waals surface area contributed by atoms with Crippen molar-refractivity contribution in [3.8, 4) is 5.75 Å². The maximum atomic E-state index is 12.3. The second-order valence-corrected chi connectivity index (χ2v) is 7.71. The van der Waals surface area contributed by atoms with Gasteiger partial charge in [-0.1, -0.05) is 24.3 Å². The molecular formula is C22H24N2O2S. The van der Waals surface area contributed by atoms with E-state index in [2.05, 4.69) is 18.3 Å². The third-order valence-electron chi connectivity index (χ3n) is 4.45. The van der Waals surface area contributed by atoms with Crippen LogP contribution in [0.15, 0.2) is 47.5 Å². The minimum absolute atomic E-state index is 0.0197. The fourth-order valence-corrected chi connectivity index (χ4v) is 3.84. The summed E-state index contributed by atoms with van der Waals surface area (Å²) in [6, 6.07) is 14.1. The molecule has 0 aliphatic carbocycles. The van der Waals surface area contributed by atoms with E-state index in [1.165, 1.54) is 0 Å². The third-order valence-corrected chi connectivity index (χ3v) is 5.37. The number of aromatic nitrogens is 1. The molecule has 0 spiro atoms. The summed E-state index contributed by atoms with van der Waals surface area (Å²) in [5.41, 5.74) is 5.11. The SMILES string of the molecule is COc1cccc2c(C)cc(SCCC(=O)Nc3cc(C)ccc3C)nc12. The highest BCUT2D eigenvalue weighted by molar-refractivity contribution is 7.99. The summed E-state index contributed by atoms with van der Waals surface area (Å²) in [6.07, 6.45) is 0.433. The lowest BCUT2D eigenvalue weighted by atomic mass is 10.1. The Labute approximate surface area is 164 Å². The van der Waals surface area contributed by atoms with E-state index in [-0.39, 0.29) is 5.91 Å². The van der Waals surface area contributed by atoms with Crippen molar-refractivity contribution in [2.45, 2.75) is 32.2 Å². The number of methoxy groups -OCH3 is 1. The van der Waals surface area contributed by atoms with Crippen molar-refractivity contribution in [3.05, 3.63) is 59.2 Å². The number of anilines is 1. The molecule has 0 saturated heterocycles. The number of nitrogens with one attached hydrogen (secondary N) is 1. The number of aryl methyl sites for hydroxylation is 3. The molecule has 3 rings (SSSR count). The van der Waals surface area contributed by atoms with Gasteiger partial charge < -0.3 is 10.1 Å². The van der Waals surface area contributed by atoms with E-state index < -0.39 is 0 Å². The quantitative estimate of drug-likeness (QED) is 0.590. The summed E-state index contributed by atoms with van der Waals surface area (Å²) in [5, 5.41) is 5.00. The van der Waals surface area contributed by atoms with Crippen LogP contribution in [0.2, 0.25) is 0 Å². The number of rotatable bonds is 6. The monoisotopic (exact) mass is 380 g/mol. The van der Waals surface area contributed by atoms with Crippen LogP contribution in [0.25, 0.3) is 10.9 Å². The Hall–Kier alpha value is -2.53. The van der Waals surface area contributed by atoms with Gasteiger partial charge in [0.15, 0.2) is 0 Å². The van der Waals surface area contributed by atoms with Crippen LogP contribution in [-0.2, 0) is 4.79 Å². The molecule has 1 heterocycles. The Morgan fingerprint density at radius 2 is 1.93 bits per heavy atom. The van der Waals surface area contributed by atoms with Crippen molar-refractivity contribution in [1.29, 1.82) is 0 Å². The normalized spacial score (nSPS) is 10.8. The average Bonchev–Trinajstić information content (AvgIpc) is 2.64. The average molecular weight is 381 g/mol. The largest absolute Gasteiger partial charge is 0.494 e. The predicted octanol–water partition coefficient (Wildman–Crippen LogP) is 5.29. The molecule has 1 amide bonds. The summed E-state index contributed by atoms with van der Waals surface area (Å²) in [6.45, 7) is 6.09. The van der Waals surface area contributed by atoms with Crippen LogP contribution in [0.4, 0.5) is 5.69 Å². The number of para-hydroxylation sites is 1. The molecule has 0 unspecified atom stereocenters. The summed E-state index contributed by atoms with van der Waals surface area (Å²) >= 11 is 1.59. The van der Waals surface area contributed by atoms with Gasteiger partial charge in [0.25, 0.3) is 0 Å². The van der Waals surface area contributed by atoms with E-state index in [1.54, 1.807) is 18.9 Å². The highest BCUT2D eigenvalue weighted by atomic mass is 32.2. The van der Waals surface area contributed by atoms with E-state index in [0.717, 1.165) is 44.1 Å². The molecule has 0 fully saturated rings. The van der Waals surface area contributed by atoms with Crippen molar-refractivity contribution in [2.24, 2.45) is 0 Å². The first-order chi connectivity index (χ1) is 13.0. The molecule has 0 aliphatic heterocycles. The topological polar surface area (TPSA) is 51.2 Å². The van der Waals surface area contributed by atoms with E-state index in [0.29, 0.717) is 12.2 Å². The van der Waals surface area contributed by atoms with Crippen LogP contribution in [0.3, 0.4) is 0 Å². The number of pyridine rings is 1. The van der Waals surface area contributed by atoms with Gasteiger partial charge in [-0.2, -0.15) is 0 Å². The van der Waals surface area contributed by atoms with Crippen LogP contribution in [0.1, 0.15) is 23.1 Å². The maximum Gasteiger partial charge on any atom is 0.225 e. The molecule has 27 heavy (non-hydrogen) atoms. The zero-order chi connectivity index (χ0) is 19.4. The summed E-state index contributed by atoms with van der Waals surface area (Å²) < 4.78 is 5.43. The number of ether oxygens (including phenoxy) is 1. The number of amides is 1. The molecule has 0 saturated carbocycles. The fourth-order valence-electron chi connectivity index (χ4n) is 2.93. The Morgan fingerprint density at radius 3 is 2.70 bits per heavy atom. The third kappa shape index (κ3) is 4.61. The standard InChI is InChI=1S/C22H24N2O2S/c1-14-8-9-15(2)18(12-14)23-20(25)10-11-27-21-13-16(3)17-6-5-7-19(26-4)22(17)24-21/h5-9,12-13H,10-11H2,1-4H3,(H,23,25). The highest BCUT2D eigenvalue weighted by Crippen LogP contribution is 2.29. The highest BCUT2D eigenvalue weighted by Gasteiger charge is 2.10. The molecule has 0 aliphatic rings. The summed E-state index contributed by atoms with van der Waals surface area (Å²) in [5.74, 6) is 1.46. The molecule has 3 aromatic rings. The van der Waals surface area contributed by atoms with Gasteiger partial charge in [0, 0.05) is 23.2 Å². The molecule has 0 atom stereocenters. The summed E-state index contributed by atoms with van der Waals surface area (Å²) in [4.78, 5) is 17.0. The maximum absolute atomic E-state index is 12.3. The Kier molecular flexibility index (Phi) is 6.01. The van der Waals surface area contributed by atoms with Crippen molar-refractivity contribution in [1.82, 2.24) is 4.98 Å². The van der Waals surface area contributed by atoms with Gasteiger partial charge >= 0.3 is 0 Å². The van der Waals surface area contributed by atoms with Gasteiger partial charge in [0.1, 0.15) is 11.3 Å². The van der Waals surface area contributed by atoms with Gasteiger partial charge in [0.05, 0.1) is 12.1 Å². The number of hydrogen-bond acceptors (Lipinski definition) is 4. The second kappa shape index (κ2) is 8.44. The molecular weight excluding hydrogens is 356 g/mol. The van der Waals surface area contributed by atoms with Crippen LogP contribution in [0, 0.1) is 20.8 Å². The number of hydrogen-bond donors (Lipinski definition) is 1. The van der Waals surface area contributed by atoms with Gasteiger partial charge in [-0.15, -0.1) is 11.8 Å². The lowest BCUT2D eigenvalue weighted by Crippen LogP contribution is -2.13. The van der Waals surface area contributed by atoms with Gasteiger partial charge in [-0.05, 0) is 55.7 Å². The Balaban J connectivity index is 1.65. The zero-order valence-corrected chi connectivity index (χ0v) is 16.9. The van der Waals surface area contributed by atoms with E-state index >= 15 is 0 Å². The lowest BCUT2D eigenvalue weighted by molar-refractivity contribution is -0.115. The molecule has 140 valence electrons. The molecule has 0 bridgehead atoms. The Bertz CT molecular complexity index is 985. The molecule has 4 nitrogen and oxygen atoms in total. The number of carbonyl (C=O) groups is 1. The van der Waals surface area contributed by atoms with Gasteiger partial charge in [-0.3, -0.25) is 4.79 Å². The van der Waals surface area contributed by atoms with Crippen molar-refractivity contribution in [2.75, 3.05) is 18.2 Å². The molecule has 2 aromatic carbocycles. The lowest BCUT2D eigenvalue weighted by Gasteiger charge is -2.10. The first-order valence-corrected chi connectivity index (χ1v) is 9.91. The molecule has 0 radical (unpaired) electrons. The fraction of sp³-hybridized carbons (Fsp3) is 0.273. The minimum Gasteiger partial charge on any atom is -0.494 e. The number of nitrogens with zero attached hydrogens (tertiary/aromatic N) is 1. The van der Waals surface area contributed by atoms with Crippen LogP contribution >= 0.6 is 11.8 Å². The molecule has 1 N–H and O–H groups in total. The first-order valence-electron chi connectivity index (χ1n) is 8.92. The van der Waals surface area contributed by atoms with Crippen molar-refractivity contribution in [3.63, 3.8) is 0 Å². The number of thioether (sulfide) groups is 1. The van der Waals surface area contributed by atoms with Crippen LogP contribution in [0.5, 0.6) is 5.75 Å². The van der Waals surface area contributed by atoms with Crippen LogP contribution in [-0.4, -0.2) is 23.8 Å². The van der Waals surface area contributed by atoms with E-state index in [9.17, 15) is 4.79 Å². The molecule has 5 heteroatoms. The van der Waals surface area contributed by atoms with Gasteiger partial charge in [-0.25, -0.2) is 4.98 Å². The van der Waals surface area contributed by atoms with E-state index in [4.69, 9.17) is 9.72 Å². The van der Waals surface area contributed by atoms with E-state index in [1.807, 2.05) is 50.2 Å².